The Morgan fingerprint density at radius 3 is 2.36 bits per heavy atom. The van der Waals surface area contributed by atoms with Gasteiger partial charge in [-0.1, -0.05) is 58.9 Å². The van der Waals surface area contributed by atoms with E-state index in [0.29, 0.717) is 53.6 Å². The molecule has 0 saturated heterocycles. The minimum absolute atomic E-state index is 0.0641. The van der Waals surface area contributed by atoms with Gasteiger partial charge < -0.3 is 20.8 Å². The van der Waals surface area contributed by atoms with Crippen LogP contribution in [0.2, 0.25) is 0 Å². The zero-order chi connectivity index (χ0) is 38.1. The Bertz CT molecular complexity index is 1780. The Balaban J connectivity index is 1.06. The van der Waals surface area contributed by atoms with Gasteiger partial charge in [0.05, 0.1) is 11.5 Å². The number of allylic oxidation sites excluding steroid dienone is 1. The van der Waals surface area contributed by atoms with Crippen LogP contribution in [0.15, 0.2) is 48.6 Å². The highest BCUT2D eigenvalue weighted by molar-refractivity contribution is 7.13. The summed E-state index contributed by atoms with van der Waals surface area (Å²) in [7, 11) is 0. The summed E-state index contributed by atoms with van der Waals surface area (Å²) in [6.45, 7) is 19.9. The van der Waals surface area contributed by atoms with Crippen molar-refractivity contribution in [2.75, 3.05) is 6.54 Å². The van der Waals surface area contributed by atoms with Gasteiger partial charge in [0.1, 0.15) is 4.88 Å². The fourth-order valence-electron chi connectivity index (χ4n) is 13.7. The van der Waals surface area contributed by atoms with Crippen molar-refractivity contribution in [3.8, 4) is 0 Å². The zero-order valence-electron chi connectivity index (χ0n) is 32.9. The number of rotatable bonds is 9. The van der Waals surface area contributed by atoms with Gasteiger partial charge in [0.15, 0.2) is 0 Å². The number of carboxylic acids is 1. The molecule has 0 spiro atoms. The molecule has 0 radical (unpaired) electrons. The molecule has 0 aliphatic heterocycles. The number of fused-ring (bicyclic) bond motifs is 7. The molecule has 5 aliphatic rings. The Kier molecular flexibility index (Phi) is 9.87. The number of carboxylic acid groups (broad SMARTS) is 1. The van der Waals surface area contributed by atoms with Crippen LogP contribution in [0.3, 0.4) is 0 Å². The Morgan fingerprint density at radius 2 is 1.64 bits per heavy atom. The zero-order valence-corrected chi connectivity index (χ0v) is 33.7. The van der Waals surface area contributed by atoms with Crippen LogP contribution in [0.1, 0.15) is 136 Å². The monoisotopic (exact) mass is 742 g/mol. The lowest BCUT2D eigenvalue weighted by molar-refractivity contribution is -0.246. The molecule has 2 amide bonds. The van der Waals surface area contributed by atoms with Gasteiger partial charge in [0.25, 0.3) is 5.91 Å². The summed E-state index contributed by atoms with van der Waals surface area (Å²) >= 11 is 1.23. The average molecular weight is 743 g/mol. The number of aliphatic hydroxyl groups is 1. The molecule has 0 bridgehead atoms. The van der Waals surface area contributed by atoms with Crippen LogP contribution in [0.25, 0.3) is 0 Å². The van der Waals surface area contributed by atoms with E-state index in [1.165, 1.54) is 36.2 Å². The molecule has 1 aromatic heterocycles. The fourth-order valence-corrected chi connectivity index (χ4v) is 14.6. The molecule has 5 saturated carbocycles. The molecule has 4 unspecified atom stereocenters. The van der Waals surface area contributed by atoms with Crippen molar-refractivity contribution in [2.24, 2.45) is 56.7 Å². The molecule has 4 N–H and O–H groups in total. The Labute approximate surface area is 320 Å². The van der Waals surface area contributed by atoms with Crippen LogP contribution in [0, 0.1) is 56.7 Å². The molecule has 1 aromatic carbocycles. The largest absolute Gasteiger partial charge is 0.477 e. The number of hydrogen-bond donors (Lipinski definition) is 4. The molecular weight excluding hydrogens is 681 g/mol. The molecule has 5 fully saturated rings. The number of hydrogen-bond acceptors (Lipinski definition) is 5. The molecule has 1 heterocycles. The second kappa shape index (κ2) is 13.6. The summed E-state index contributed by atoms with van der Waals surface area (Å²) in [5, 5.41) is 26.7. The maximum Gasteiger partial charge on any atom is 0.345 e. The van der Waals surface area contributed by atoms with Crippen LogP contribution >= 0.6 is 11.3 Å². The van der Waals surface area contributed by atoms with Crippen molar-refractivity contribution in [1.29, 1.82) is 0 Å². The van der Waals surface area contributed by atoms with E-state index >= 15 is 0 Å². The van der Waals surface area contributed by atoms with Crippen molar-refractivity contribution in [2.45, 2.75) is 125 Å². The lowest BCUT2D eigenvalue weighted by Crippen LogP contribution is -2.67. The number of aliphatic hydroxyl groups excluding tert-OH is 1. The third-order valence-electron chi connectivity index (χ3n) is 16.7. The summed E-state index contributed by atoms with van der Waals surface area (Å²) in [5.74, 6) is 1.30. The quantitative estimate of drug-likeness (QED) is 0.192. The van der Waals surface area contributed by atoms with Gasteiger partial charge in [0.2, 0.25) is 5.91 Å². The first-order valence-corrected chi connectivity index (χ1v) is 21.1. The number of carbonyl (C=O) groups excluding carboxylic acids is 2. The van der Waals surface area contributed by atoms with Crippen molar-refractivity contribution >= 4 is 29.1 Å². The molecule has 7 rings (SSSR count). The third kappa shape index (κ3) is 6.04. The lowest BCUT2D eigenvalue weighted by atomic mass is 9.32. The van der Waals surface area contributed by atoms with E-state index in [1.807, 2.05) is 18.2 Å². The predicted octanol–water partition coefficient (Wildman–Crippen LogP) is 9.05. The normalized spacial score (nSPS) is 38.4. The molecule has 2 aromatic rings. The number of aromatic carboxylic acids is 1. The predicted molar refractivity (Wildman–Crippen MR) is 211 cm³/mol. The van der Waals surface area contributed by atoms with E-state index in [4.69, 9.17) is 0 Å². The number of benzene rings is 1. The summed E-state index contributed by atoms with van der Waals surface area (Å²) in [5.41, 5.74) is 2.75. The minimum atomic E-state index is -0.936. The lowest BCUT2D eigenvalue weighted by Gasteiger charge is -2.72. The second-order valence-electron chi connectivity index (χ2n) is 19.2. The van der Waals surface area contributed by atoms with Gasteiger partial charge in [0, 0.05) is 23.5 Å². The van der Waals surface area contributed by atoms with Gasteiger partial charge in [-0.2, -0.15) is 0 Å². The minimum Gasteiger partial charge on any atom is -0.477 e. The first-order valence-electron chi connectivity index (χ1n) is 20.3. The van der Waals surface area contributed by atoms with Crippen LogP contribution in [0.4, 0.5) is 0 Å². The molecule has 288 valence electrons. The van der Waals surface area contributed by atoms with Crippen molar-refractivity contribution in [3.05, 3.63) is 69.4 Å². The number of amides is 2. The van der Waals surface area contributed by atoms with Gasteiger partial charge >= 0.3 is 5.97 Å². The van der Waals surface area contributed by atoms with Gasteiger partial charge in [-0.3, -0.25) is 9.59 Å². The van der Waals surface area contributed by atoms with E-state index in [2.05, 4.69) is 58.8 Å². The highest BCUT2D eigenvalue weighted by atomic mass is 32.1. The van der Waals surface area contributed by atoms with Gasteiger partial charge in [-0.15, -0.1) is 11.3 Å². The maximum atomic E-state index is 14.7. The van der Waals surface area contributed by atoms with E-state index in [9.17, 15) is 24.6 Å². The van der Waals surface area contributed by atoms with Crippen LogP contribution in [0.5, 0.6) is 0 Å². The smallest absolute Gasteiger partial charge is 0.345 e. The van der Waals surface area contributed by atoms with E-state index < -0.39 is 11.4 Å². The average Bonchev–Trinajstić information content (AvgIpc) is 3.76. The molecular formula is C45H62N2O5S. The van der Waals surface area contributed by atoms with Crippen molar-refractivity contribution in [3.63, 3.8) is 0 Å². The Morgan fingerprint density at radius 1 is 0.868 bits per heavy atom. The summed E-state index contributed by atoms with van der Waals surface area (Å²) in [6.07, 6.45) is 11.0. The van der Waals surface area contributed by atoms with Crippen LogP contribution in [-0.4, -0.2) is 40.6 Å². The first-order chi connectivity index (χ1) is 25.0. The molecule has 53 heavy (non-hydrogen) atoms. The van der Waals surface area contributed by atoms with E-state index in [1.54, 1.807) is 18.2 Å². The highest BCUT2D eigenvalue weighted by Crippen LogP contribution is 2.77. The van der Waals surface area contributed by atoms with E-state index in [0.717, 1.165) is 55.4 Å². The number of nitrogens with one attached hydrogen (secondary N) is 2. The second-order valence-corrected chi connectivity index (χ2v) is 20.3. The standard InChI is InChI=1S/C45H62N2O5S/c1-27(2)31-15-21-45(40(52)47-26-28-9-8-10-29(25-28)38(49)46-24-18-30-11-13-33(53-30)39(50)51)23-22-43(6)32(37(31)45)12-14-35-42(5)19-17-36(48)41(3,4)34(42)16-20-44(35,43)7/h8-11,13,25,31-32,34-37,48H,1,12,14-24,26H2,2-7H3,(H,46,49)(H,47,52)(H,50,51)/t31-,32?,34?,35?,36-,37?,42-,43+,44+,45-/m0/s1. The maximum absolute atomic E-state index is 14.7. The summed E-state index contributed by atoms with van der Waals surface area (Å²) in [6, 6.07) is 10.9. The Hall–Kier alpha value is -2.97. The number of carbonyl (C=O) groups is 3. The summed E-state index contributed by atoms with van der Waals surface area (Å²) < 4.78 is 0. The molecule has 5 aliphatic carbocycles. The topological polar surface area (TPSA) is 116 Å². The van der Waals surface area contributed by atoms with Crippen LogP contribution < -0.4 is 10.6 Å². The molecule has 10 atom stereocenters. The van der Waals surface area contributed by atoms with Gasteiger partial charge in [-0.05, 0) is 159 Å². The van der Waals surface area contributed by atoms with E-state index in [-0.39, 0.29) is 45.5 Å². The third-order valence-corrected chi connectivity index (χ3v) is 17.8. The van der Waals surface area contributed by atoms with Crippen molar-refractivity contribution in [1.82, 2.24) is 10.6 Å². The SMILES string of the molecule is C=C(C)[C@@H]1CC[C@]2(C(=O)NCc3cccc(C(=O)NCCc4ccc(C(=O)O)s4)c3)CC[C@]3(C)C(CCC4[C@@]5(C)CC[C@H](O)C(C)(C)C5CC[C@]43C)C12. The van der Waals surface area contributed by atoms with Gasteiger partial charge in [-0.25, -0.2) is 4.79 Å². The first kappa shape index (κ1) is 38.3. The van der Waals surface area contributed by atoms with Crippen LogP contribution in [-0.2, 0) is 17.8 Å². The number of thiophene rings is 1. The molecule has 8 heteroatoms. The molecule has 7 nitrogen and oxygen atoms in total. The van der Waals surface area contributed by atoms with Crippen molar-refractivity contribution < 1.29 is 24.6 Å². The fraction of sp³-hybridized carbons (Fsp3) is 0.667. The summed E-state index contributed by atoms with van der Waals surface area (Å²) in [4.78, 5) is 40.2. The highest BCUT2D eigenvalue weighted by Gasteiger charge is 2.71.